The van der Waals surface area contributed by atoms with Crippen LogP contribution < -0.4 is 19.3 Å². The maximum Gasteiger partial charge on any atom is 0.227 e. The Kier molecular flexibility index (Phi) is 7.33. The molecule has 0 saturated carbocycles. The van der Waals surface area contributed by atoms with Crippen LogP contribution >= 0.6 is 0 Å². The summed E-state index contributed by atoms with van der Waals surface area (Å²) in [5.41, 5.74) is 0.908. The maximum absolute atomic E-state index is 5.56. The number of methoxy groups -OCH3 is 2. The van der Waals surface area contributed by atoms with Crippen molar-refractivity contribution in [1.29, 1.82) is 0 Å². The summed E-state index contributed by atoms with van der Waals surface area (Å²) in [4.78, 5) is 17.1. The summed E-state index contributed by atoms with van der Waals surface area (Å²) in [5.74, 6) is 3.23. The van der Waals surface area contributed by atoms with Crippen LogP contribution in [-0.2, 0) is 0 Å². The predicted octanol–water partition coefficient (Wildman–Crippen LogP) is 3.95. The number of likely N-dealkylation sites (tertiary alicyclic amines) is 1. The summed E-state index contributed by atoms with van der Waals surface area (Å²) in [6.07, 6.45) is 8.85. The lowest BCUT2D eigenvalue weighted by Crippen LogP contribution is -2.25. The minimum absolute atomic E-state index is 0.705. The SMILES string of the molecule is COc1cc2nc(N3CCCC3)nc(N(C)CCCCCN3CCCC3)c2cc1OC. The van der Waals surface area contributed by atoms with Gasteiger partial charge in [0.25, 0.3) is 0 Å². The van der Waals surface area contributed by atoms with Crippen molar-refractivity contribution in [2.45, 2.75) is 44.9 Å². The van der Waals surface area contributed by atoms with E-state index in [0.717, 1.165) is 42.3 Å². The van der Waals surface area contributed by atoms with Crippen LogP contribution in [0.25, 0.3) is 10.9 Å². The minimum atomic E-state index is 0.705. The molecule has 0 bridgehead atoms. The van der Waals surface area contributed by atoms with Crippen molar-refractivity contribution in [3.8, 4) is 11.5 Å². The number of unbranched alkanes of at least 4 members (excludes halogenated alkanes) is 2. The lowest BCUT2D eigenvalue weighted by atomic mass is 10.2. The van der Waals surface area contributed by atoms with Gasteiger partial charge in [-0.1, -0.05) is 6.42 Å². The summed E-state index contributed by atoms with van der Waals surface area (Å²) in [5, 5.41) is 1.01. The van der Waals surface area contributed by atoms with Gasteiger partial charge in [-0.3, -0.25) is 0 Å². The molecule has 170 valence electrons. The Balaban J connectivity index is 1.51. The van der Waals surface area contributed by atoms with Crippen molar-refractivity contribution in [1.82, 2.24) is 14.9 Å². The maximum atomic E-state index is 5.56. The molecular weight excluding hydrogens is 390 g/mol. The highest BCUT2D eigenvalue weighted by Crippen LogP contribution is 2.36. The van der Waals surface area contributed by atoms with Crippen LogP contribution in [0.2, 0.25) is 0 Å². The van der Waals surface area contributed by atoms with Gasteiger partial charge in [0.1, 0.15) is 5.82 Å². The third-order valence-electron chi connectivity index (χ3n) is 6.59. The highest BCUT2D eigenvalue weighted by Gasteiger charge is 2.20. The average molecular weight is 428 g/mol. The second kappa shape index (κ2) is 10.4. The number of aromatic nitrogens is 2. The van der Waals surface area contributed by atoms with Crippen LogP contribution in [0.5, 0.6) is 11.5 Å². The summed E-state index contributed by atoms with van der Waals surface area (Å²) < 4.78 is 11.1. The topological polar surface area (TPSA) is 54.0 Å². The number of nitrogens with zero attached hydrogens (tertiary/aromatic N) is 5. The van der Waals surface area contributed by atoms with E-state index in [1.54, 1.807) is 14.2 Å². The van der Waals surface area contributed by atoms with Crippen LogP contribution in [-0.4, -0.2) is 75.4 Å². The van der Waals surface area contributed by atoms with E-state index in [2.05, 4.69) is 21.7 Å². The Hall–Kier alpha value is -2.28. The molecule has 2 saturated heterocycles. The molecule has 0 amide bonds. The molecular formula is C24H37N5O2. The van der Waals surface area contributed by atoms with E-state index in [1.807, 2.05) is 12.1 Å². The van der Waals surface area contributed by atoms with Gasteiger partial charge in [0.2, 0.25) is 5.95 Å². The van der Waals surface area contributed by atoms with E-state index in [4.69, 9.17) is 19.4 Å². The molecule has 3 heterocycles. The molecule has 0 unspecified atom stereocenters. The zero-order valence-electron chi connectivity index (χ0n) is 19.4. The van der Waals surface area contributed by atoms with Gasteiger partial charge < -0.3 is 24.2 Å². The fourth-order valence-electron chi connectivity index (χ4n) is 4.75. The van der Waals surface area contributed by atoms with Crippen LogP contribution in [0.1, 0.15) is 44.9 Å². The Labute approximate surface area is 186 Å². The van der Waals surface area contributed by atoms with Crippen LogP contribution in [0, 0.1) is 0 Å². The third-order valence-corrected chi connectivity index (χ3v) is 6.59. The van der Waals surface area contributed by atoms with Gasteiger partial charge in [0.15, 0.2) is 11.5 Å². The molecule has 4 rings (SSSR count). The molecule has 31 heavy (non-hydrogen) atoms. The molecule has 0 radical (unpaired) electrons. The van der Waals surface area contributed by atoms with Crippen LogP contribution in [0.3, 0.4) is 0 Å². The quantitative estimate of drug-likeness (QED) is 0.532. The summed E-state index contributed by atoms with van der Waals surface area (Å²) in [6.45, 7) is 6.86. The monoisotopic (exact) mass is 427 g/mol. The highest BCUT2D eigenvalue weighted by molar-refractivity contribution is 5.93. The first-order chi connectivity index (χ1) is 15.2. The van der Waals surface area contributed by atoms with Crippen molar-refractivity contribution in [3.63, 3.8) is 0 Å². The van der Waals surface area contributed by atoms with Gasteiger partial charge in [-0.05, 0) is 64.2 Å². The zero-order chi connectivity index (χ0) is 21.6. The molecule has 0 spiro atoms. The largest absolute Gasteiger partial charge is 0.493 e. The lowest BCUT2D eigenvalue weighted by molar-refractivity contribution is 0.329. The molecule has 1 aromatic heterocycles. The third kappa shape index (κ3) is 5.14. The van der Waals surface area contributed by atoms with Crippen LogP contribution in [0.4, 0.5) is 11.8 Å². The Morgan fingerprint density at radius 2 is 1.55 bits per heavy atom. The molecule has 0 aliphatic carbocycles. The number of anilines is 2. The Morgan fingerprint density at radius 1 is 0.871 bits per heavy atom. The fourth-order valence-corrected chi connectivity index (χ4v) is 4.75. The first-order valence-corrected chi connectivity index (χ1v) is 11.8. The van der Waals surface area contributed by atoms with E-state index in [1.165, 1.54) is 64.6 Å². The van der Waals surface area contributed by atoms with Gasteiger partial charge in [0, 0.05) is 38.1 Å². The number of rotatable bonds is 10. The first-order valence-electron chi connectivity index (χ1n) is 11.8. The van der Waals surface area contributed by atoms with Crippen molar-refractivity contribution in [2.75, 3.05) is 70.3 Å². The summed E-state index contributed by atoms with van der Waals surface area (Å²) in [7, 11) is 5.49. The Bertz CT molecular complexity index is 863. The minimum Gasteiger partial charge on any atom is -0.493 e. The lowest BCUT2D eigenvalue weighted by Gasteiger charge is -2.24. The van der Waals surface area contributed by atoms with E-state index in [9.17, 15) is 0 Å². The summed E-state index contributed by atoms with van der Waals surface area (Å²) >= 11 is 0. The average Bonchev–Trinajstić information content (AvgIpc) is 3.51. The summed E-state index contributed by atoms with van der Waals surface area (Å²) in [6, 6.07) is 3.99. The normalized spacial score (nSPS) is 16.9. The van der Waals surface area contributed by atoms with Gasteiger partial charge in [-0.2, -0.15) is 4.98 Å². The molecule has 7 nitrogen and oxygen atoms in total. The predicted molar refractivity (Wildman–Crippen MR) is 127 cm³/mol. The van der Waals surface area contributed by atoms with Gasteiger partial charge >= 0.3 is 0 Å². The number of ether oxygens (including phenoxy) is 2. The molecule has 2 aliphatic rings. The number of hydrogen-bond acceptors (Lipinski definition) is 7. The van der Waals surface area contributed by atoms with Crippen molar-refractivity contribution < 1.29 is 9.47 Å². The Morgan fingerprint density at radius 3 is 2.26 bits per heavy atom. The molecule has 0 N–H and O–H groups in total. The molecule has 2 fully saturated rings. The second-order valence-corrected chi connectivity index (χ2v) is 8.80. The second-order valence-electron chi connectivity index (χ2n) is 8.80. The van der Waals surface area contributed by atoms with E-state index >= 15 is 0 Å². The highest BCUT2D eigenvalue weighted by atomic mass is 16.5. The van der Waals surface area contributed by atoms with Crippen molar-refractivity contribution in [3.05, 3.63) is 12.1 Å². The van der Waals surface area contributed by atoms with E-state index < -0.39 is 0 Å². The molecule has 0 atom stereocenters. The molecule has 2 aliphatic heterocycles. The molecule has 1 aromatic carbocycles. The standard InChI is InChI=1S/C24H37N5O2/c1-27(11-5-4-6-12-28-13-7-8-14-28)23-19-17-21(30-2)22(31-3)18-20(19)25-24(26-23)29-15-9-10-16-29/h17-18H,4-16H2,1-3H3. The van der Waals surface area contributed by atoms with Gasteiger partial charge in [-0.15, -0.1) is 0 Å². The number of fused-ring (bicyclic) bond motifs is 1. The number of hydrogen-bond donors (Lipinski definition) is 0. The van der Waals surface area contributed by atoms with E-state index in [-0.39, 0.29) is 0 Å². The van der Waals surface area contributed by atoms with Crippen molar-refractivity contribution >= 4 is 22.7 Å². The van der Waals surface area contributed by atoms with Gasteiger partial charge in [0.05, 0.1) is 19.7 Å². The smallest absolute Gasteiger partial charge is 0.227 e. The van der Waals surface area contributed by atoms with Gasteiger partial charge in [-0.25, -0.2) is 4.98 Å². The fraction of sp³-hybridized carbons (Fsp3) is 0.667. The molecule has 7 heteroatoms. The first kappa shape index (κ1) is 21.9. The number of benzene rings is 1. The van der Waals surface area contributed by atoms with Crippen LogP contribution in [0.15, 0.2) is 12.1 Å². The van der Waals surface area contributed by atoms with E-state index in [0.29, 0.717) is 11.5 Å². The zero-order valence-corrected chi connectivity index (χ0v) is 19.4. The molecule has 2 aromatic rings. The van der Waals surface area contributed by atoms with Crippen molar-refractivity contribution in [2.24, 2.45) is 0 Å².